The minimum Gasteiger partial charge on any atom is -0.381 e. The molecular weight excluding hydrogens is 260 g/mol. The molecule has 1 aromatic carbocycles. The van der Waals surface area contributed by atoms with Gasteiger partial charge in [0, 0.05) is 6.04 Å². The van der Waals surface area contributed by atoms with E-state index in [1.807, 2.05) is 12.1 Å². The Balaban J connectivity index is 1.84. The van der Waals surface area contributed by atoms with Crippen molar-refractivity contribution >= 4 is 21.4 Å². The lowest BCUT2D eigenvalue weighted by molar-refractivity contribution is 0.597. The second-order valence-corrected chi connectivity index (χ2v) is 7.52. The highest BCUT2D eigenvalue weighted by Gasteiger charge is 2.28. The standard InChI is InChI=1S/C14H20N2O2S/c1-10-5-8-12-3-2-4-13(14(12)15-10)16-19(17,18)9-11-6-7-11/h2-4,10-11,15-16H,5-9H2,1H3. The molecule has 0 bridgehead atoms. The van der Waals surface area contributed by atoms with Gasteiger partial charge in [-0.15, -0.1) is 0 Å². The van der Waals surface area contributed by atoms with Crippen LogP contribution in [0.5, 0.6) is 0 Å². The molecule has 1 aliphatic carbocycles. The van der Waals surface area contributed by atoms with Crippen LogP contribution in [0.3, 0.4) is 0 Å². The first-order valence-corrected chi connectivity index (χ1v) is 8.57. The minimum atomic E-state index is -3.21. The van der Waals surface area contributed by atoms with Gasteiger partial charge in [0.2, 0.25) is 10.0 Å². The Bertz CT molecular complexity index is 579. The Morgan fingerprint density at radius 3 is 2.84 bits per heavy atom. The third kappa shape index (κ3) is 3.03. The second-order valence-electron chi connectivity index (χ2n) is 5.75. The molecule has 3 rings (SSSR count). The van der Waals surface area contributed by atoms with E-state index in [4.69, 9.17) is 0 Å². The second kappa shape index (κ2) is 4.71. The number of hydrogen-bond donors (Lipinski definition) is 2. The van der Waals surface area contributed by atoms with E-state index in [2.05, 4.69) is 23.0 Å². The molecule has 2 N–H and O–H groups in total. The molecule has 1 saturated carbocycles. The molecule has 1 heterocycles. The Morgan fingerprint density at radius 2 is 2.11 bits per heavy atom. The van der Waals surface area contributed by atoms with Crippen LogP contribution in [-0.4, -0.2) is 20.2 Å². The first kappa shape index (κ1) is 12.8. The summed E-state index contributed by atoms with van der Waals surface area (Å²) in [5.41, 5.74) is 2.86. The predicted molar refractivity (Wildman–Crippen MR) is 78.0 cm³/mol. The van der Waals surface area contributed by atoms with Crippen LogP contribution >= 0.6 is 0 Å². The Labute approximate surface area is 114 Å². The maximum absolute atomic E-state index is 12.1. The van der Waals surface area contributed by atoms with Crippen molar-refractivity contribution in [1.29, 1.82) is 0 Å². The van der Waals surface area contributed by atoms with Crippen molar-refractivity contribution in [2.75, 3.05) is 15.8 Å². The molecule has 5 heteroatoms. The molecule has 1 unspecified atom stereocenters. The summed E-state index contributed by atoms with van der Waals surface area (Å²) in [4.78, 5) is 0. The molecule has 104 valence electrons. The number of sulfonamides is 1. The minimum absolute atomic E-state index is 0.256. The number of fused-ring (bicyclic) bond motifs is 1. The quantitative estimate of drug-likeness (QED) is 0.891. The zero-order valence-corrected chi connectivity index (χ0v) is 12.0. The number of rotatable bonds is 4. The topological polar surface area (TPSA) is 58.2 Å². The normalized spacial score (nSPS) is 22.5. The van der Waals surface area contributed by atoms with Gasteiger partial charge in [-0.25, -0.2) is 8.42 Å². The highest BCUT2D eigenvalue weighted by atomic mass is 32.2. The maximum atomic E-state index is 12.1. The molecule has 19 heavy (non-hydrogen) atoms. The average Bonchev–Trinajstić information content (AvgIpc) is 3.12. The fourth-order valence-electron chi connectivity index (χ4n) is 2.56. The number of benzene rings is 1. The molecule has 1 atom stereocenters. The van der Waals surface area contributed by atoms with Crippen LogP contribution in [0.15, 0.2) is 18.2 Å². The van der Waals surface area contributed by atoms with E-state index >= 15 is 0 Å². The summed E-state index contributed by atoms with van der Waals surface area (Å²) < 4.78 is 26.9. The largest absolute Gasteiger partial charge is 0.381 e. The predicted octanol–water partition coefficient (Wildman–Crippen LogP) is 2.58. The molecule has 0 aromatic heterocycles. The molecule has 0 radical (unpaired) electrons. The van der Waals surface area contributed by atoms with E-state index < -0.39 is 10.0 Å². The van der Waals surface area contributed by atoms with E-state index in [0.29, 0.717) is 17.6 Å². The maximum Gasteiger partial charge on any atom is 0.233 e. The van der Waals surface area contributed by atoms with E-state index in [1.165, 1.54) is 5.56 Å². The monoisotopic (exact) mass is 280 g/mol. The summed E-state index contributed by atoms with van der Waals surface area (Å²) in [6.45, 7) is 2.12. The van der Waals surface area contributed by atoms with E-state index in [1.54, 1.807) is 0 Å². The van der Waals surface area contributed by atoms with Gasteiger partial charge in [-0.2, -0.15) is 0 Å². The van der Waals surface area contributed by atoms with Crippen molar-refractivity contribution in [3.05, 3.63) is 23.8 Å². The van der Waals surface area contributed by atoms with Gasteiger partial charge >= 0.3 is 0 Å². The fourth-order valence-corrected chi connectivity index (χ4v) is 4.10. The lowest BCUT2D eigenvalue weighted by atomic mass is 9.98. The molecule has 4 nitrogen and oxygen atoms in total. The number of anilines is 2. The number of nitrogens with one attached hydrogen (secondary N) is 2. The van der Waals surface area contributed by atoms with Crippen LogP contribution < -0.4 is 10.0 Å². The van der Waals surface area contributed by atoms with Crippen LogP contribution in [0.25, 0.3) is 0 Å². The fraction of sp³-hybridized carbons (Fsp3) is 0.571. The number of aryl methyl sites for hydroxylation is 1. The summed E-state index contributed by atoms with van der Waals surface area (Å²) in [6.07, 6.45) is 4.18. The van der Waals surface area contributed by atoms with Crippen molar-refractivity contribution in [1.82, 2.24) is 0 Å². The Morgan fingerprint density at radius 1 is 1.32 bits per heavy atom. The summed E-state index contributed by atoms with van der Waals surface area (Å²) >= 11 is 0. The number of hydrogen-bond acceptors (Lipinski definition) is 3. The molecule has 1 fully saturated rings. The van der Waals surface area contributed by atoms with Crippen LogP contribution in [0.4, 0.5) is 11.4 Å². The van der Waals surface area contributed by atoms with Crippen molar-refractivity contribution in [2.45, 2.75) is 38.6 Å². The summed E-state index contributed by atoms with van der Waals surface area (Å²) in [6, 6.07) is 6.22. The lowest BCUT2D eigenvalue weighted by Gasteiger charge is -2.26. The van der Waals surface area contributed by atoms with E-state index in [9.17, 15) is 8.42 Å². The van der Waals surface area contributed by atoms with Crippen LogP contribution in [-0.2, 0) is 16.4 Å². The molecule has 0 spiro atoms. The van der Waals surface area contributed by atoms with Crippen molar-refractivity contribution in [2.24, 2.45) is 5.92 Å². The highest BCUT2D eigenvalue weighted by Crippen LogP contribution is 2.34. The zero-order valence-electron chi connectivity index (χ0n) is 11.1. The van der Waals surface area contributed by atoms with E-state index in [-0.39, 0.29) is 5.75 Å². The molecule has 2 aliphatic rings. The van der Waals surface area contributed by atoms with Gasteiger partial charge in [-0.3, -0.25) is 4.72 Å². The average molecular weight is 280 g/mol. The molecule has 0 saturated heterocycles. The van der Waals surface area contributed by atoms with Crippen LogP contribution in [0.1, 0.15) is 31.7 Å². The molecule has 1 aromatic rings. The summed E-state index contributed by atoms with van der Waals surface area (Å²) in [7, 11) is -3.21. The van der Waals surface area contributed by atoms with Gasteiger partial charge in [0.15, 0.2) is 0 Å². The number of para-hydroxylation sites is 1. The van der Waals surface area contributed by atoms with Gasteiger partial charge in [-0.1, -0.05) is 12.1 Å². The van der Waals surface area contributed by atoms with Crippen LogP contribution in [0, 0.1) is 5.92 Å². The van der Waals surface area contributed by atoms with Crippen molar-refractivity contribution < 1.29 is 8.42 Å². The third-order valence-corrected chi connectivity index (χ3v) is 5.25. The highest BCUT2D eigenvalue weighted by molar-refractivity contribution is 7.92. The van der Waals surface area contributed by atoms with Gasteiger partial charge in [0.05, 0.1) is 17.1 Å². The van der Waals surface area contributed by atoms with Gasteiger partial charge < -0.3 is 5.32 Å². The Hall–Kier alpha value is -1.23. The van der Waals surface area contributed by atoms with Gasteiger partial charge in [0.1, 0.15) is 0 Å². The zero-order chi connectivity index (χ0) is 13.5. The van der Waals surface area contributed by atoms with Crippen molar-refractivity contribution in [3.63, 3.8) is 0 Å². The first-order valence-electron chi connectivity index (χ1n) is 6.92. The molecule has 1 aliphatic heterocycles. The summed E-state index contributed by atoms with van der Waals surface area (Å²) in [5, 5.41) is 3.39. The summed E-state index contributed by atoms with van der Waals surface area (Å²) in [5.74, 6) is 0.621. The SMILES string of the molecule is CC1CCc2cccc(NS(=O)(=O)CC3CC3)c2N1. The Kier molecular flexibility index (Phi) is 3.17. The van der Waals surface area contributed by atoms with E-state index in [0.717, 1.165) is 31.4 Å². The first-order chi connectivity index (χ1) is 9.03. The lowest BCUT2D eigenvalue weighted by Crippen LogP contribution is -2.25. The smallest absolute Gasteiger partial charge is 0.233 e. The van der Waals surface area contributed by atoms with Crippen molar-refractivity contribution in [3.8, 4) is 0 Å². The molecular formula is C14H20N2O2S. The molecule has 0 amide bonds. The van der Waals surface area contributed by atoms with Crippen LogP contribution in [0.2, 0.25) is 0 Å². The van der Waals surface area contributed by atoms with Gasteiger partial charge in [0.25, 0.3) is 0 Å². The third-order valence-electron chi connectivity index (χ3n) is 3.81. The van der Waals surface area contributed by atoms with Gasteiger partial charge in [-0.05, 0) is 50.2 Å².